The standard InChI is InChI=1S/C19H22N2O6S/c1-12-5-4-6-17(13(12)2)26-11-18(22)27-14(3)19(23)21-15-7-9-16(10-8-15)28(20,24)25/h4-10,14H,11H2,1-3H3,(H,21,23)(H2,20,24,25)/t14-/m1/s1. The maximum absolute atomic E-state index is 12.1. The van der Waals surface area contributed by atoms with Gasteiger partial charge in [0.15, 0.2) is 12.7 Å². The van der Waals surface area contributed by atoms with Gasteiger partial charge in [0, 0.05) is 5.69 Å². The molecule has 0 saturated carbocycles. The lowest BCUT2D eigenvalue weighted by Gasteiger charge is -2.15. The van der Waals surface area contributed by atoms with Crippen LogP contribution in [0.5, 0.6) is 5.75 Å². The van der Waals surface area contributed by atoms with Crippen molar-refractivity contribution in [2.45, 2.75) is 31.8 Å². The van der Waals surface area contributed by atoms with Crippen molar-refractivity contribution < 1.29 is 27.5 Å². The maximum Gasteiger partial charge on any atom is 0.344 e. The Labute approximate surface area is 163 Å². The highest BCUT2D eigenvalue weighted by Gasteiger charge is 2.19. The van der Waals surface area contributed by atoms with Crippen molar-refractivity contribution in [1.29, 1.82) is 0 Å². The number of benzene rings is 2. The van der Waals surface area contributed by atoms with Gasteiger partial charge < -0.3 is 14.8 Å². The summed E-state index contributed by atoms with van der Waals surface area (Å²) in [5, 5.41) is 7.54. The van der Waals surface area contributed by atoms with Gasteiger partial charge in [0.25, 0.3) is 5.91 Å². The van der Waals surface area contributed by atoms with Gasteiger partial charge in [-0.15, -0.1) is 0 Å². The molecule has 28 heavy (non-hydrogen) atoms. The number of aryl methyl sites for hydroxylation is 1. The lowest BCUT2D eigenvalue weighted by molar-refractivity contribution is -0.155. The molecule has 9 heteroatoms. The van der Waals surface area contributed by atoms with Crippen molar-refractivity contribution >= 4 is 27.6 Å². The maximum atomic E-state index is 12.1. The second-order valence-electron chi connectivity index (χ2n) is 6.18. The summed E-state index contributed by atoms with van der Waals surface area (Å²) in [4.78, 5) is 24.0. The molecule has 0 fully saturated rings. The first-order valence-corrected chi connectivity index (χ1v) is 9.95. The van der Waals surface area contributed by atoms with Crippen molar-refractivity contribution in [1.82, 2.24) is 0 Å². The van der Waals surface area contributed by atoms with E-state index < -0.39 is 28.0 Å². The number of sulfonamides is 1. The van der Waals surface area contributed by atoms with Crippen LogP contribution in [0, 0.1) is 13.8 Å². The molecule has 0 bridgehead atoms. The predicted octanol–water partition coefficient (Wildman–Crippen LogP) is 1.90. The van der Waals surface area contributed by atoms with Crippen molar-refractivity contribution in [2.75, 3.05) is 11.9 Å². The Balaban J connectivity index is 1.87. The first kappa shape index (κ1) is 21.4. The first-order valence-electron chi connectivity index (χ1n) is 8.40. The summed E-state index contributed by atoms with van der Waals surface area (Å²) >= 11 is 0. The molecule has 1 atom stereocenters. The van der Waals surface area contributed by atoms with Crippen molar-refractivity contribution in [2.24, 2.45) is 5.14 Å². The molecule has 1 amide bonds. The number of amides is 1. The van der Waals surface area contributed by atoms with Crippen molar-refractivity contribution in [3.63, 3.8) is 0 Å². The molecule has 0 aliphatic carbocycles. The number of ether oxygens (including phenoxy) is 2. The number of hydrogen-bond acceptors (Lipinski definition) is 6. The molecular weight excluding hydrogens is 384 g/mol. The number of rotatable bonds is 7. The van der Waals surface area contributed by atoms with Crippen LogP contribution in [0.4, 0.5) is 5.69 Å². The summed E-state index contributed by atoms with van der Waals surface area (Å²) in [6, 6.07) is 10.8. The number of esters is 1. The van der Waals surface area contributed by atoms with Crippen LogP contribution in [0.1, 0.15) is 18.1 Å². The van der Waals surface area contributed by atoms with Crippen LogP contribution in [-0.4, -0.2) is 33.0 Å². The van der Waals surface area contributed by atoms with Gasteiger partial charge >= 0.3 is 5.97 Å². The molecular formula is C19H22N2O6S. The Kier molecular flexibility index (Phi) is 6.76. The Hall–Kier alpha value is -2.91. The van der Waals surface area contributed by atoms with E-state index >= 15 is 0 Å². The highest BCUT2D eigenvalue weighted by atomic mass is 32.2. The normalized spacial score (nSPS) is 12.1. The number of primary sulfonamides is 1. The topological polar surface area (TPSA) is 125 Å². The molecule has 0 spiro atoms. The summed E-state index contributed by atoms with van der Waals surface area (Å²) in [6.45, 7) is 4.91. The Morgan fingerprint density at radius 1 is 1.11 bits per heavy atom. The number of hydrogen-bond donors (Lipinski definition) is 2. The van der Waals surface area contributed by atoms with Crippen molar-refractivity contribution in [3.05, 3.63) is 53.6 Å². The summed E-state index contributed by atoms with van der Waals surface area (Å²) in [6.07, 6.45) is -1.06. The summed E-state index contributed by atoms with van der Waals surface area (Å²) < 4.78 is 33.0. The monoisotopic (exact) mass is 406 g/mol. The zero-order chi connectivity index (χ0) is 20.9. The van der Waals surface area contributed by atoms with Gasteiger partial charge in [-0.3, -0.25) is 4.79 Å². The summed E-state index contributed by atoms with van der Waals surface area (Å²) in [7, 11) is -3.81. The Bertz CT molecular complexity index is 970. The number of carbonyl (C=O) groups is 2. The minimum absolute atomic E-state index is 0.0754. The van der Waals surface area contributed by atoms with E-state index in [9.17, 15) is 18.0 Å². The Morgan fingerprint density at radius 2 is 1.75 bits per heavy atom. The third-order valence-electron chi connectivity index (χ3n) is 4.03. The molecule has 0 heterocycles. The van der Waals surface area contributed by atoms with E-state index in [1.807, 2.05) is 26.0 Å². The van der Waals surface area contributed by atoms with Crippen LogP contribution >= 0.6 is 0 Å². The second kappa shape index (κ2) is 8.85. The fourth-order valence-electron chi connectivity index (χ4n) is 2.27. The number of carbonyl (C=O) groups excluding carboxylic acids is 2. The fraction of sp³-hybridized carbons (Fsp3) is 0.263. The smallest absolute Gasteiger partial charge is 0.344 e. The zero-order valence-corrected chi connectivity index (χ0v) is 16.6. The minimum Gasteiger partial charge on any atom is -0.482 e. The van der Waals surface area contributed by atoms with Crippen LogP contribution in [0.3, 0.4) is 0 Å². The predicted molar refractivity (Wildman–Crippen MR) is 103 cm³/mol. The molecule has 2 rings (SSSR count). The van der Waals surface area contributed by atoms with Gasteiger partial charge in [-0.05, 0) is 62.2 Å². The van der Waals surface area contributed by atoms with Gasteiger partial charge in [0.1, 0.15) is 5.75 Å². The molecule has 2 aromatic carbocycles. The molecule has 0 aromatic heterocycles. The van der Waals surface area contributed by atoms with Crippen LogP contribution < -0.4 is 15.2 Å². The lowest BCUT2D eigenvalue weighted by atomic mass is 10.1. The molecule has 2 aromatic rings. The lowest BCUT2D eigenvalue weighted by Crippen LogP contribution is -2.31. The van der Waals surface area contributed by atoms with E-state index in [0.29, 0.717) is 11.4 Å². The quantitative estimate of drug-likeness (QED) is 0.677. The van der Waals surface area contributed by atoms with Gasteiger partial charge in [0.05, 0.1) is 4.90 Å². The second-order valence-corrected chi connectivity index (χ2v) is 7.74. The number of nitrogens with two attached hydrogens (primary N) is 1. The van der Waals surface area contributed by atoms with E-state index in [4.69, 9.17) is 14.6 Å². The molecule has 0 radical (unpaired) electrons. The highest BCUT2D eigenvalue weighted by molar-refractivity contribution is 7.89. The molecule has 150 valence electrons. The third kappa shape index (κ3) is 5.80. The average Bonchev–Trinajstić information content (AvgIpc) is 2.62. The zero-order valence-electron chi connectivity index (χ0n) is 15.8. The van der Waals surface area contributed by atoms with E-state index in [-0.39, 0.29) is 11.5 Å². The molecule has 3 N–H and O–H groups in total. The van der Waals surface area contributed by atoms with Gasteiger partial charge in [-0.2, -0.15) is 0 Å². The van der Waals surface area contributed by atoms with Crippen LogP contribution in [0.15, 0.2) is 47.4 Å². The van der Waals surface area contributed by atoms with Gasteiger partial charge in [-0.25, -0.2) is 18.4 Å². The van der Waals surface area contributed by atoms with E-state index in [1.54, 1.807) is 6.07 Å². The van der Waals surface area contributed by atoms with Crippen LogP contribution in [0.25, 0.3) is 0 Å². The molecule has 8 nitrogen and oxygen atoms in total. The molecule has 0 aliphatic heterocycles. The largest absolute Gasteiger partial charge is 0.482 e. The van der Waals surface area contributed by atoms with Gasteiger partial charge in [-0.1, -0.05) is 12.1 Å². The minimum atomic E-state index is -3.81. The SMILES string of the molecule is Cc1cccc(OCC(=O)O[C@H](C)C(=O)Nc2ccc(S(N)(=O)=O)cc2)c1C. The first-order chi connectivity index (χ1) is 13.1. The number of nitrogens with one attached hydrogen (secondary N) is 1. The average molecular weight is 406 g/mol. The van der Waals surface area contributed by atoms with Gasteiger partial charge in [0.2, 0.25) is 10.0 Å². The molecule has 0 saturated heterocycles. The molecule has 0 aliphatic rings. The van der Waals surface area contributed by atoms with E-state index in [2.05, 4.69) is 5.32 Å². The summed E-state index contributed by atoms with van der Waals surface area (Å²) in [5.74, 6) is -0.680. The molecule has 0 unspecified atom stereocenters. The van der Waals surface area contributed by atoms with Crippen LogP contribution in [-0.2, 0) is 24.3 Å². The van der Waals surface area contributed by atoms with Crippen LogP contribution in [0.2, 0.25) is 0 Å². The Morgan fingerprint density at radius 3 is 2.36 bits per heavy atom. The van der Waals surface area contributed by atoms with E-state index in [1.165, 1.54) is 31.2 Å². The number of anilines is 1. The third-order valence-corrected chi connectivity index (χ3v) is 4.96. The van der Waals surface area contributed by atoms with E-state index in [0.717, 1.165) is 11.1 Å². The summed E-state index contributed by atoms with van der Waals surface area (Å²) in [5.41, 5.74) is 2.29. The highest BCUT2D eigenvalue weighted by Crippen LogP contribution is 2.20. The fourth-order valence-corrected chi connectivity index (χ4v) is 2.79. The van der Waals surface area contributed by atoms with Crippen molar-refractivity contribution in [3.8, 4) is 5.75 Å².